The van der Waals surface area contributed by atoms with Crippen LogP contribution in [0.5, 0.6) is 0 Å². The molecule has 346 valence electrons. The Morgan fingerprint density at radius 3 is 2.14 bits per heavy atom. The SMILES string of the molecule is C=Cc1c(C)c2cc3nc(cc4[nH]c(cc5nc(cc1[nH]2)C(C)=C5CCC(=O)NCCC(=O)NC(CC(=O)O)C(=O)O)c(CCC(=O)OC)c4C)[C@@]1(C)C3=CC=C(C(=O)OC)[C@H]1C(=O)OC. The number of carboxylic acids is 2. The molecule has 8 bridgehead atoms. The van der Waals surface area contributed by atoms with Crippen LogP contribution in [-0.4, -0.2) is 106 Å². The van der Waals surface area contributed by atoms with E-state index in [-0.39, 0.29) is 44.2 Å². The number of allylic oxidation sites excluding steroid dienone is 5. The third kappa shape index (κ3) is 9.43. The van der Waals surface area contributed by atoms with Gasteiger partial charge in [0.1, 0.15) is 12.0 Å². The van der Waals surface area contributed by atoms with Gasteiger partial charge in [-0.2, -0.15) is 0 Å². The highest BCUT2D eigenvalue weighted by Crippen LogP contribution is 2.52. The van der Waals surface area contributed by atoms with Crippen molar-refractivity contribution in [1.82, 2.24) is 30.6 Å². The van der Waals surface area contributed by atoms with E-state index in [4.69, 9.17) is 29.3 Å². The Morgan fingerprint density at radius 2 is 1.48 bits per heavy atom. The molecule has 3 atom stereocenters. The van der Waals surface area contributed by atoms with E-state index in [2.05, 4.69) is 27.2 Å². The lowest BCUT2D eigenvalue weighted by Gasteiger charge is -2.36. The number of rotatable bonds is 16. The molecule has 0 aromatic carbocycles. The summed E-state index contributed by atoms with van der Waals surface area (Å²) in [5, 5.41) is 23.1. The zero-order valence-electron chi connectivity index (χ0n) is 37.7. The number of amides is 2. The fourth-order valence-corrected chi connectivity index (χ4v) is 8.73. The summed E-state index contributed by atoms with van der Waals surface area (Å²) < 4.78 is 15.4. The number of ether oxygens (including phenoxy) is 3. The zero-order valence-corrected chi connectivity index (χ0v) is 37.7. The highest BCUT2D eigenvalue weighted by atomic mass is 16.5. The fraction of sp³-hybridized carbons (Fsp3) is 0.354. The highest BCUT2D eigenvalue weighted by molar-refractivity contribution is 6.02. The number of esters is 3. The smallest absolute Gasteiger partial charge is 0.334 e. The number of H-pyrrole nitrogens is 2. The van der Waals surface area contributed by atoms with Crippen LogP contribution in [0.25, 0.3) is 44.9 Å². The van der Waals surface area contributed by atoms with Crippen molar-refractivity contribution in [3.05, 3.63) is 93.6 Å². The number of aryl methyl sites for hydroxylation is 3. The molecule has 66 heavy (non-hydrogen) atoms. The number of nitrogens with zero attached hydrogens (tertiary/aromatic N) is 2. The standard InChI is InChI=1S/C48H52N6O12/c1-9-26-23(2)32-19-37-30-13-10-29(46(62)65-7)44(47(63)66-8)48(30,5)39(53-37)21-33-25(4)28(12-15-43(59)64-6)36(52-33)20-35-27(24(3)31(51-35)18-34(26)50-32)11-14-40(55)49-17-16-41(56)54-38(45(60)61)22-42(57)58/h9-10,13,18-21,38,44,50,52H,1,11-12,14-17,22H2,2-8H3,(H,49,55)(H,54,56)(H,57,58)(H,60,61)/t38?,44-,48+/m0/s1. The van der Waals surface area contributed by atoms with Crippen LogP contribution in [-0.2, 0) is 59.6 Å². The second kappa shape index (κ2) is 19.6. The minimum atomic E-state index is -1.61. The van der Waals surface area contributed by atoms with Crippen molar-refractivity contribution in [3.8, 4) is 0 Å². The average molecular weight is 905 g/mol. The van der Waals surface area contributed by atoms with Gasteiger partial charge in [-0.1, -0.05) is 24.8 Å². The second-order valence-corrected chi connectivity index (χ2v) is 16.3. The third-order valence-electron chi connectivity index (χ3n) is 12.4. The maximum absolute atomic E-state index is 13.8. The van der Waals surface area contributed by atoms with Crippen LogP contribution in [0.15, 0.2) is 48.6 Å². The molecule has 0 spiro atoms. The van der Waals surface area contributed by atoms with Crippen LogP contribution in [0.3, 0.4) is 0 Å². The zero-order chi connectivity index (χ0) is 48.2. The number of aromatic amines is 2. The molecule has 3 aromatic rings. The summed E-state index contributed by atoms with van der Waals surface area (Å²) in [6.07, 6.45) is 4.53. The number of aliphatic carboxylic acids is 2. The lowest BCUT2D eigenvalue weighted by Crippen LogP contribution is -2.43. The van der Waals surface area contributed by atoms with E-state index in [0.717, 1.165) is 33.4 Å². The van der Waals surface area contributed by atoms with Crippen LogP contribution in [0.2, 0.25) is 0 Å². The van der Waals surface area contributed by atoms with Gasteiger partial charge in [0.15, 0.2) is 0 Å². The summed E-state index contributed by atoms with van der Waals surface area (Å²) in [5.41, 5.74) is 9.01. The van der Waals surface area contributed by atoms with Gasteiger partial charge in [-0.25, -0.2) is 14.6 Å². The molecule has 1 unspecified atom stereocenters. The number of carbonyl (C=O) groups excluding carboxylic acids is 5. The van der Waals surface area contributed by atoms with E-state index in [1.54, 1.807) is 18.2 Å². The minimum Gasteiger partial charge on any atom is -0.481 e. The molecular weight excluding hydrogens is 853 g/mol. The normalized spacial score (nSPS) is 16.8. The first-order valence-corrected chi connectivity index (χ1v) is 21.1. The molecule has 2 amide bonds. The second-order valence-electron chi connectivity index (χ2n) is 16.3. The van der Waals surface area contributed by atoms with Crippen molar-refractivity contribution in [2.24, 2.45) is 5.92 Å². The van der Waals surface area contributed by atoms with E-state index in [1.807, 2.05) is 52.0 Å². The Kier molecular flexibility index (Phi) is 14.2. The van der Waals surface area contributed by atoms with Crippen molar-refractivity contribution < 1.29 is 58.0 Å². The van der Waals surface area contributed by atoms with Gasteiger partial charge in [-0.3, -0.25) is 29.0 Å². The molecule has 0 saturated heterocycles. The quantitative estimate of drug-likeness (QED) is 0.0799. The van der Waals surface area contributed by atoms with Gasteiger partial charge in [-0.15, -0.1) is 0 Å². The van der Waals surface area contributed by atoms with Gasteiger partial charge in [0.25, 0.3) is 0 Å². The lowest BCUT2D eigenvalue weighted by molar-refractivity contribution is -0.149. The van der Waals surface area contributed by atoms with Gasteiger partial charge < -0.3 is 45.0 Å². The molecule has 6 N–H and O–H groups in total. The number of carboxylic acid groups (broad SMARTS) is 2. The number of nitrogens with one attached hydrogen (secondary N) is 4. The first kappa shape index (κ1) is 47.8. The molecule has 1 aliphatic carbocycles. The van der Waals surface area contributed by atoms with Crippen molar-refractivity contribution in [1.29, 1.82) is 0 Å². The van der Waals surface area contributed by atoms with Crippen molar-refractivity contribution in [2.75, 3.05) is 27.9 Å². The molecule has 6 rings (SSSR count). The Morgan fingerprint density at radius 1 is 0.803 bits per heavy atom. The number of fused-ring (bicyclic) bond motifs is 11. The predicted molar refractivity (Wildman–Crippen MR) is 243 cm³/mol. The first-order chi connectivity index (χ1) is 31.4. The fourth-order valence-electron chi connectivity index (χ4n) is 8.73. The van der Waals surface area contributed by atoms with Gasteiger partial charge in [-0.05, 0) is 98.2 Å². The van der Waals surface area contributed by atoms with Gasteiger partial charge >= 0.3 is 29.8 Å². The number of hydrogen-bond donors (Lipinski definition) is 6. The minimum absolute atomic E-state index is 0.0158. The molecular formula is C48H52N6O12. The van der Waals surface area contributed by atoms with E-state index in [0.29, 0.717) is 50.4 Å². The Labute approximate surface area is 379 Å². The van der Waals surface area contributed by atoms with Crippen LogP contribution >= 0.6 is 0 Å². The highest BCUT2D eigenvalue weighted by Gasteiger charge is 2.53. The third-order valence-corrected chi connectivity index (χ3v) is 12.4. The Balaban J connectivity index is 1.51. The van der Waals surface area contributed by atoms with E-state index in [9.17, 15) is 38.7 Å². The predicted octanol–water partition coefficient (Wildman–Crippen LogP) is 5.19. The molecule has 0 saturated carbocycles. The van der Waals surface area contributed by atoms with E-state index >= 15 is 0 Å². The van der Waals surface area contributed by atoms with Gasteiger partial charge in [0.05, 0.1) is 61.5 Å². The average Bonchev–Trinajstić information content (AvgIpc) is 3.94. The van der Waals surface area contributed by atoms with Gasteiger partial charge in [0, 0.05) is 53.4 Å². The Hall–Kier alpha value is -7.63. The van der Waals surface area contributed by atoms with E-state index in [1.165, 1.54) is 21.3 Å². The number of methoxy groups -OCH3 is 3. The monoisotopic (exact) mass is 904 g/mol. The van der Waals surface area contributed by atoms with Crippen LogP contribution in [0, 0.1) is 19.8 Å². The molecule has 0 fully saturated rings. The Bertz CT molecular complexity index is 2850. The van der Waals surface area contributed by atoms with E-state index < -0.39 is 65.5 Å². The van der Waals surface area contributed by atoms with Crippen molar-refractivity contribution >= 4 is 86.5 Å². The topological polar surface area (TPSA) is 269 Å². The molecule has 0 radical (unpaired) electrons. The summed E-state index contributed by atoms with van der Waals surface area (Å²) in [7, 11) is 3.82. The molecule has 18 nitrogen and oxygen atoms in total. The lowest BCUT2D eigenvalue weighted by atomic mass is 9.64. The molecule has 2 aliphatic heterocycles. The largest absolute Gasteiger partial charge is 0.481 e. The van der Waals surface area contributed by atoms with Crippen molar-refractivity contribution in [3.63, 3.8) is 0 Å². The molecule has 18 heteroatoms. The van der Waals surface area contributed by atoms with Crippen LogP contribution < -0.4 is 10.6 Å². The summed E-state index contributed by atoms with van der Waals surface area (Å²) >= 11 is 0. The number of aromatic nitrogens is 4. The van der Waals surface area contributed by atoms with Crippen LogP contribution in [0.1, 0.15) is 91.0 Å². The summed E-state index contributed by atoms with van der Waals surface area (Å²) in [6.45, 7) is 11.5. The molecule has 3 aliphatic rings. The molecule has 5 heterocycles. The summed E-state index contributed by atoms with van der Waals surface area (Å²) in [4.78, 5) is 105. The maximum Gasteiger partial charge on any atom is 0.334 e. The first-order valence-electron chi connectivity index (χ1n) is 21.1. The van der Waals surface area contributed by atoms with Crippen LogP contribution in [0.4, 0.5) is 0 Å². The molecule has 3 aromatic heterocycles. The number of carbonyl (C=O) groups is 7. The van der Waals surface area contributed by atoms with Crippen molar-refractivity contribution in [2.45, 2.75) is 77.7 Å². The van der Waals surface area contributed by atoms with Gasteiger partial charge in [0.2, 0.25) is 11.8 Å². The number of hydrogen-bond acceptors (Lipinski definition) is 12. The summed E-state index contributed by atoms with van der Waals surface area (Å²) in [5.74, 6) is -6.92. The maximum atomic E-state index is 13.8. The summed E-state index contributed by atoms with van der Waals surface area (Å²) in [6, 6.07) is 5.85.